The molecule has 0 bridgehead atoms. The number of rotatable bonds is 9. The molecule has 1 saturated heterocycles. The van der Waals surface area contributed by atoms with E-state index in [1.54, 1.807) is 7.11 Å². The molecular formula is C25H30F3N3O2. The molecule has 3 rings (SSSR count). The second-order valence-corrected chi connectivity index (χ2v) is 7.96. The number of alkyl halides is 3. The predicted octanol–water partition coefficient (Wildman–Crippen LogP) is 4.45. The van der Waals surface area contributed by atoms with E-state index in [2.05, 4.69) is 21.2 Å². The van der Waals surface area contributed by atoms with Crippen molar-refractivity contribution >= 4 is 17.7 Å². The Bertz CT molecular complexity index is 938. The molecule has 1 heterocycles. The van der Waals surface area contributed by atoms with Gasteiger partial charge in [0.15, 0.2) is 0 Å². The van der Waals surface area contributed by atoms with Gasteiger partial charge < -0.3 is 15.0 Å². The summed E-state index contributed by atoms with van der Waals surface area (Å²) in [5.41, 5.74) is 0.738. The third kappa shape index (κ3) is 7.53. The van der Waals surface area contributed by atoms with Crippen LogP contribution in [0.25, 0.3) is 6.08 Å². The molecule has 0 atom stereocenters. The summed E-state index contributed by atoms with van der Waals surface area (Å²) >= 11 is 0. The maximum Gasteiger partial charge on any atom is 0.416 e. The molecule has 178 valence electrons. The molecule has 0 spiro atoms. The van der Waals surface area contributed by atoms with Gasteiger partial charge in [0.05, 0.1) is 18.4 Å². The predicted molar refractivity (Wildman–Crippen MR) is 124 cm³/mol. The number of ether oxygens (including phenoxy) is 1. The van der Waals surface area contributed by atoms with Gasteiger partial charge in [-0.1, -0.05) is 24.3 Å². The highest BCUT2D eigenvalue weighted by atomic mass is 19.4. The number of unbranched alkanes of at least 4 members (excludes halogenated alkanes) is 1. The van der Waals surface area contributed by atoms with Crippen LogP contribution in [-0.2, 0) is 11.0 Å². The number of hydrogen-bond donors (Lipinski definition) is 1. The average Bonchev–Trinajstić information content (AvgIpc) is 2.82. The van der Waals surface area contributed by atoms with E-state index in [4.69, 9.17) is 4.74 Å². The second kappa shape index (κ2) is 11.7. The molecule has 1 aliphatic heterocycles. The lowest BCUT2D eigenvalue weighted by Gasteiger charge is -2.36. The molecule has 1 aliphatic rings. The number of methoxy groups -OCH3 is 1. The van der Waals surface area contributed by atoms with Crippen LogP contribution in [-0.4, -0.2) is 57.2 Å². The van der Waals surface area contributed by atoms with Gasteiger partial charge >= 0.3 is 6.18 Å². The first-order chi connectivity index (χ1) is 15.9. The van der Waals surface area contributed by atoms with Crippen molar-refractivity contribution in [3.05, 3.63) is 65.7 Å². The zero-order valence-corrected chi connectivity index (χ0v) is 18.8. The summed E-state index contributed by atoms with van der Waals surface area (Å²) in [6.07, 6.45) is 0.0770. The number of nitrogens with one attached hydrogen (secondary N) is 1. The maximum atomic E-state index is 12.8. The lowest BCUT2D eigenvalue weighted by atomic mass is 10.1. The van der Waals surface area contributed by atoms with Crippen LogP contribution >= 0.6 is 0 Å². The molecule has 1 amide bonds. The summed E-state index contributed by atoms with van der Waals surface area (Å²) in [4.78, 5) is 16.7. The quantitative estimate of drug-likeness (QED) is 0.443. The zero-order valence-electron chi connectivity index (χ0n) is 18.8. The van der Waals surface area contributed by atoms with Crippen LogP contribution in [0.5, 0.6) is 5.75 Å². The molecule has 0 radical (unpaired) electrons. The highest BCUT2D eigenvalue weighted by Gasteiger charge is 2.30. The number of para-hydroxylation sites is 2. The van der Waals surface area contributed by atoms with Crippen molar-refractivity contribution in [3.63, 3.8) is 0 Å². The third-order valence-corrected chi connectivity index (χ3v) is 5.64. The van der Waals surface area contributed by atoms with Crippen molar-refractivity contribution in [1.29, 1.82) is 0 Å². The van der Waals surface area contributed by atoms with Gasteiger partial charge in [-0.25, -0.2) is 0 Å². The van der Waals surface area contributed by atoms with Gasteiger partial charge in [0.2, 0.25) is 5.91 Å². The zero-order chi connectivity index (χ0) is 23.7. The van der Waals surface area contributed by atoms with E-state index in [9.17, 15) is 18.0 Å². The van der Waals surface area contributed by atoms with Gasteiger partial charge in [-0.3, -0.25) is 9.69 Å². The van der Waals surface area contributed by atoms with Gasteiger partial charge in [-0.05, 0) is 55.3 Å². The summed E-state index contributed by atoms with van der Waals surface area (Å²) in [6, 6.07) is 13.0. The number of benzene rings is 2. The van der Waals surface area contributed by atoms with Gasteiger partial charge in [0, 0.05) is 38.8 Å². The monoisotopic (exact) mass is 461 g/mol. The SMILES string of the molecule is COc1ccccc1N1CCN(CCCCNC(=O)/C=C/c2cccc(C(F)(F)F)c2)CC1. The molecule has 0 aliphatic carbocycles. The van der Waals surface area contributed by atoms with E-state index in [1.807, 2.05) is 18.2 Å². The Morgan fingerprint density at radius 2 is 1.82 bits per heavy atom. The highest BCUT2D eigenvalue weighted by molar-refractivity contribution is 5.91. The molecule has 1 N–H and O–H groups in total. The molecule has 2 aromatic rings. The van der Waals surface area contributed by atoms with Crippen LogP contribution in [0.3, 0.4) is 0 Å². The normalized spacial score (nSPS) is 15.1. The average molecular weight is 462 g/mol. The maximum absolute atomic E-state index is 12.8. The number of halogens is 3. The number of carbonyl (C=O) groups is 1. The summed E-state index contributed by atoms with van der Waals surface area (Å²) in [5.74, 6) is 0.585. The summed E-state index contributed by atoms with van der Waals surface area (Å²) in [6.45, 7) is 5.34. The van der Waals surface area contributed by atoms with Gasteiger partial charge in [0.1, 0.15) is 5.75 Å². The number of anilines is 1. The molecule has 33 heavy (non-hydrogen) atoms. The Hall–Kier alpha value is -3.00. The fourth-order valence-corrected chi connectivity index (χ4v) is 3.82. The van der Waals surface area contributed by atoms with Crippen molar-refractivity contribution < 1.29 is 22.7 Å². The Balaban J connectivity index is 1.32. The van der Waals surface area contributed by atoms with Gasteiger partial charge in [-0.2, -0.15) is 13.2 Å². The molecule has 8 heteroatoms. The number of nitrogens with zero attached hydrogens (tertiary/aromatic N) is 2. The van der Waals surface area contributed by atoms with Crippen LogP contribution in [0.4, 0.5) is 18.9 Å². The standard InChI is InChI=1S/C25H30F3N3O2/c1-33-23-10-3-2-9-22(23)31-17-15-30(16-18-31)14-5-4-13-29-24(32)12-11-20-7-6-8-21(19-20)25(26,27)28/h2-3,6-12,19H,4-5,13-18H2,1H3,(H,29,32)/b12-11+. The second-order valence-electron chi connectivity index (χ2n) is 7.96. The first-order valence-electron chi connectivity index (χ1n) is 11.1. The van der Waals surface area contributed by atoms with E-state index in [1.165, 1.54) is 24.3 Å². The van der Waals surface area contributed by atoms with Crippen LogP contribution in [0, 0.1) is 0 Å². The van der Waals surface area contributed by atoms with Gasteiger partial charge in [0.25, 0.3) is 0 Å². The number of carbonyl (C=O) groups excluding carboxylic acids is 1. The van der Waals surface area contributed by atoms with Crippen molar-refractivity contribution in [3.8, 4) is 5.75 Å². The first-order valence-corrected chi connectivity index (χ1v) is 11.1. The topological polar surface area (TPSA) is 44.8 Å². The first kappa shape index (κ1) is 24.6. The van der Waals surface area contributed by atoms with E-state index in [-0.39, 0.29) is 5.91 Å². The van der Waals surface area contributed by atoms with Crippen LogP contribution in [0.15, 0.2) is 54.6 Å². The highest BCUT2D eigenvalue weighted by Crippen LogP contribution is 2.30. The molecular weight excluding hydrogens is 431 g/mol. The summed E-state index contributed by atoms with van der Waals surface area (Å²) in [5, 5.41) is 2.79. The Morgan fingerprint density at radius 1 is 1.06 bits per heavy atom. The Morgan fingerprint density at radius 3 is 2.55 bits per heavy atom. The van der Waals surface area contributed by atoms with Crippen LogP contribution < -0.4 is 15.0 Å². The lowest BCUT2D eigenvalue weighted by Crippen LogP contribution is -2.46. The van der Waals surface area contributed by atoms with Crippen molar-refractivity contribution in [2.45, 2.75) is 19.0 Å². The summed E-state index contributed by atoms with van der Waals surface area (Å²) in [7, 11) is 1.69. The molecule has 0 unspecified atom stereocenters. The smallest absolute Gasteiger partial charge is 0.416 e. The number of hydrogen-bond acceptors (Lipinski definition) is 4. The minimum Gasteiger partial charge on any atom is -0.495 e. The number of piperazine rings is 1. The lowest BCUT2D eigenvalue weighted by molar-refractivity contribution is -0.137. The fourth-order valence-electron chi connectivity index (χ4n) is 3.82. The van der Waals surface area contributed by atoms with E-state index in [0.29, 0.717) is 12.1 Å². The summed E-state index contributed by atoms with van der Waals surface area (Å²) < 4.78 is 43.7. The molecule has 0 saturated carbocycles. The molecule has 5 nitrogen and oxygen atoms in total. The Kier molecular flexibility index (Phi) is 8.77. The minimum absolute atomic E-state index is 0.308. The fraction of sp³-hybridized carbons (Fsp3) is 0.400. The van der Waals surface area contributed by atoms with Crippen LogP contribution in [0.1, 0.15) is 24.0 Å². The van der Waals surface area contributed by atoms with E-state index in [0.717, 1.165) is 69.1 Å². The van der Waals surface area contributed by atoms with Gasteiger partial charge in [-0.15, -0.1) is 0 Å². The molecule has 0 aromatic heterocycles. The molecule has 1 fully saturated rings. The third-order valence-electron chi connectivity index (χ3n) is 5.64. The minimum atomic E-state index is -4.40. The van der Waals surface area contributed by atoms with Crippen LogP contribution in [0.2, 0.25) is 0 Å². The Labute approximate surface area is 192 Å². The van der Waals surface area contributed by atoms with E-state index >= 15 is 0 Å². The van der Waals surface area contributed by atoms with Crippen molar-refractivity contribution in [2.24, 2.45) is 0 Å². The van der Waals surface area contributed by atoms with Crippen molar-refractivity contribution in [2.75, 3.05) is 51.3 Å². The number of amides is 1. The molecule has 2 aromatic carbocycles. The largest absolute Gasteiger partial charge is 0.495 e. The van der Waals surface area contributed by atoms with E-state index < -0.39 is 11.7 Å². The van der Waals surface area contributed by atoms with Crippen molar-refractivity contribution in [1.82, 2.24) is 10.2 Å².